The average Bonchev–Trinajstić information content (AvgIpc) is 3.23. The Morgan fingerprint density at radius 2 is 1.75 bits per heavy atom. The van der Waals surface area contributed by atoms with Crippen molar-refractivity contribution in [2.75, 3.05) is 13.2 Å². The third-order valence-corrected chi connectivity index (χ3v) is 7.16. The number of hydrogen-bond donors (Lipinski definition) is 3. The molecular weight excluding hydrogens is 479 g/mol. The Kier molecular flexibility index (Phi) is 16.0. The monoisotopic (exact) mass is 522 g/mol. The van der Waals surface area contributed by atoms with E-state index in [1.807, 2.05) is 0 Å². The molecule has 2 aliphatic heterocycles. The number of rotatable bonds is 15. The van der Waals surface area contributed by atoms with Crippen molar-refractivity contribution in [3.63, 3.8) is 0 Å². The van der Waals surface area contributed by atoms with E-state index in [0.717, 1.165) is 37.7 Å². The number of ether oxygens (including phenoxy) is 3. The van der Waals surface area contributed by atoms with Gasteiger partial charge in [0, 0.05) is 23.9 Å². The van der Waals surface area contributed by atoms with Crippen LogP contribution in [0.15, 0.2) is 11.6 Å². The molecule has 0 amide bonds. The average molecular weight is 523 g/mol. The Morgan fingerprint density at radius 1 is 1.11 bits per heavy atom. The Labute approximate surface area is 236 Å². The van der Waals surface area contributed by atoms with Crippen molar-refractivity contribution >= 4 is 11.9 Å². The predicted molar refractivity (Wildman–Crippen MR) is 126 cm³/mol. The fourth-order valence-electron chi connectivity index (χ4n) is 4.77. The number of aliphatic carboxylic acids is 1. The molecule has 0 aromatic rings. The third-order valence-electron chi connectivity index (χ3n) is 7.16. The van der Waals surface area contributed by atoms with Gasteiger partial charge in [0.15, 0.2) is 0 Å². The van der Waals surface area contributed by atoms with Gasteiger partial charge in [0.25, 0.3) is 0 Å². The van der Waals surface area contributed by atoms with Crippen LogP contribution in [0.3, 0.4) is 0 Å². The van der Waals surface area contributed by atoms with Gasteiger partial charge < -0.3 is 39.4 Å². The van der Waals surface area contributed by atoms with Gasteiger partial charge in [-0.1, -0.05) is 38.2 Å². The van der Waals surface area contributed by atoms with Crippen LogP contribution in [0.1, 0.15) is 78.6 Å². The first-order valence-corrected chi connectivity index (χ1v) is 12.9. The van der Waals surface area contributed by atoms with Gasteiger partial charge in [0.05, 0.1) is 43.7 Å². The van der Waals surface area contributed by atoms with Crippen LogP contribution in [0, 0.1) is 11.8 Å². The topological polar surface area (TPSA) is 146 Å². The number of esters is 1. The Bertz CT molecular complexity index is 699. The van der Waals surface area contributed by atoms with Crippen molar-refractivity contribution < 1.29 is 73.8 Å². The van der Waals surface area contributed by atoms with Gasteiger partial charge in [0.2, 0.25) is 0 Å². The predicted octanol–water partition coefficient (Wildman–Crippen LogP) is -1.74. The molecule has 0 unspecified atom stereocenters. The smallest absolute Gasteiger partial charge is 0.550 e. The van der Waals surface area contributed by atoms with E-state index in [1.54, 1.807) is 20.8 Å². The molecule has 2 rings (SSSR count). The molecule has 8 atom stereocenters. The van der Waals surface area contributed by atoms with Crippen LogP contribution in [0.4, 0.5) is 0 Å². The van der Waals surface area contributed by atoms with Crippen molar-refractivity contribution in [2.24, 2.45) is 11.8 Å². The van der Waals surface area contributed by atoms with Crippen LogP contribution in [0.5, 0.6) is 0 Å². The number of carboxylic acid groups (broad SMARTS) is 1. The Hall–Kier alpha value is -0.520. The molecule has 36 heavy (non-hydrogen) atoms. The summed E-state index contributed by atoms with van der Waals surface area (Å²) in [4.78, 5) is 22.5. The third kappa shape index (κ3) is 11.1. The van der Waals surface area contributed by atoms with Crippen molar-refractivity contribution in [1.29, 1.82) is 0 Å². The maximum absolute atomic E-state index is 12.1. The van der Waals surface area contributed by atoms with E-state index in [1.165, 1.54) is 6.08 Å². The van der Waals surface area contributed by atoms with Crippen LogP contribution in [-0.2, 0) is 23.8 Å². The molecule has 0 spiro atoms. The summed E-state index contributed by atoms with van der Waals surface area (Å²) in [7, 11) is 0. The summed E-state index contributed by atoms with van der Waals surface area (Å²) in [6, 6.07) is 0. The molecule has 9 nitrogen and oxygen atoms in total. The van der Waals surface area contributed by atoms with Crippen LogP contribution in [-0.4, -0.2) is 77.1 Å². The molecule has 2 aliphatic rings. The maximum atomic E-state index is 12.1. The van der Waals surface area contributed by atoms with Gasteiger partial charge in [-0.25, -0.2) is 4.79 Å². The van der Waals surface area contributed by atoms with E-state index >= 15 is 0 Å². The summed E-state index contributed by atoms with van der Waals surface area (Å²) in [6.07, 6.45) is 3.77. The van der Waals surface area contributed by atoms with Crippen LogP contribution in [0.2, 0.25) is 0 Å². The summed E-state index contributed by atoms with van der Waals surface area (Å²) in [5.41, 5.74) is 0.739. The molecule has 0 aromatic heterocycles. The fraction of sp³-hybridized carbons (Fsp3) is 0.846. The molecule has 0 aliphatic carbocycles. The van der Waals surface area contributed by atoms with Crippen molar-refractivity contribution in [3.8, 4) is 0 Å². The quantitative estimate of drug-likeness (QED) is 0.0988. The number of aliphatic hydroxyl groups is 3. The zero-order chi connectivity index (χ0) is 26.0. The Balaban J connectivity index is 0.00000648. The minimum Gasteiger partial charge on any atom is -0.550 e. The van der Waals surface area contributed by atoms with Gasteiger partial charge in [-0.3, -0.25) is 0 Å². The number of carboxylic acids is 1. The second-order valence-corrected chi connectivity index (χ2v) is 10.2. The number of hydrogen-bond acceptors (Lipinski definition) is 9. The minimum atomic E-state index is -1.01. The van der Waals surface area contributed by atoms with E-state index < -0.39 is 48.6 Å². The fourth-order valence-corrected chi connectivity index (χ4v) is 4.77. The number of carbonyl (C=O) groups is 2. The molecule has 3 N–H and O–H groups in total. The number of carbonyl (C=O) groups excluding carboxylic acids is 2. The van der Waals surface area contributed by atoms with E-state index in [2.05, 4.69) is 0 Å². The van der Waals surface area contributed by atoms with Crippen molar-refractivity contribution in [3.05, 3.63) is 11.6 Å². The summed E-state index contributed by atoms with van der Waals surface area (Å²) >= 11 is 0. The molecule has 2 saturated heterocycles. The second kappa shape index (κ2) is 17.1. The molecule has 10 heteroatoms. The largest absolute Gasteiger partial charge is 1.00 e. The minimum absolute atomic E-state index is 0. The normalized spacial score (nSPS) is 28.5. The second-order valence-electron chi connectivity index (χ2n) is 10.2. The first-order valence-electron chi connectivity index (χ1n) is 12.9. The number of fused-ring (bicyclic) bond motifs is 1. The molecule has 2 heterocycles. The Morgan fingerprint density at radius 3 is 2.39 bits per heavy atom. The number of aliphatic hydroxyl groups excluding tert-OH is 3. The number of unbranched alkanes of at least 4 members (excludes halogenated alkanes) is 5. The van der Waals surface area contributed by atoms with Gasteiger partial charge in [0.1, 0.15) is 6.10 Å². The molecule has 0 aromatic carbocycles. The molecule has 0 bridgehead atoms. The van der Waals surface area contributed by atoms with E-state index in [4.69, 9.17) is 14.2 Å². The zero-order valence-electron chi connectivity index (χ0n) is 22.3. The van der Waals surface area contributed by atoms with E-state index in [-0.39, 0.29) is 47.8 Å². The van der Waals surface area contributed by atoms with Crippen LogP contribution >= 0.6 is 0 Å². The van der Waals surface area contributed by atoms with E-state index in [9.17, 15) is 30.0 Å². The van der Waals surface area contributed by atoms with Gasteiger partial charge in [-0.15, -0.1) is 0 Å². The maximum Gasteiger partial charge on any atom is 1.00 e. The summed E-state index contributed by atoms with van der Waals surface area (Å²) < 4.78 is 17.1. The van der Waals surface area contributed by atoms with Gasteiger partial charge in [-0.2, -0.15) is 0 Å². The standard InChI is InChI=1S/C26H44O9.Na/c1-16(13-23(30)33-11-9-7-5-4-6-8-10-22(28)29)12-20-25(32)26-19(15-34-20)14-21(35-26)24(31)17(2)18(3)27;/h13,17-21,24-27,31-32H,4-12,14-15H2,1-3H3,(H,28,29);/q;+1/p-1/t17-,18-,19-,20-,21+,24-,25-,26+;/m0./s1. The van der Waals surface area contributed by atoms with Crippen molar-refractivity contribution in [1.82, 2.24) is 0 Å². The zero-order valence-corrected chi connectivity index (χ0v) is 24.3. The van der Waals surface area contributed by atoms with E-state index in [0.29, 0.717) is 32.5 Å². The summed E-state index contributed by atoms with van der Waals surface area (Å²) in [5.74, 6) is -1.79. The van der Waals surface area contributed by atoms with Gasteiger partial charge in [-0.05, 0) is 46.0 Å². The van der Waals surface area contributed by atoms with Crippen LogP contribution < -0.4 is 34.7 Å². The van der Waals surface area contributed by atoms with Gasteiger partial charge >= 0.3 is 35.5 Å². The van der Waals surface area contributed by atoms with Crippen LogP contribution in [0.25, 0.3) is 0 Å². The molecule has 2 fully saturated rings. The SMILES string of the molecule is CC(=CC(=O)OCCCCCCCCC(=O)[O-])C[C@@H]1OC[C@@H]2C[C@H]([C@@H](O)[C@@H](C)[C@H](C)O)O[C@H]2[C@H]1O.[Na+]. The molecule has 0 saturated carbocycles. The first kappa shape index (κ1) is 33.5. The summed E-state index contributed by atoms with van der Waals surface area (Å²) in [5, 5.41) is 41.4. The molecular formula is C26H43NaO9. The molecule has 0 radical (unpaired) electrons. The summed E-state index contributed by atoms with van der Waals surface area (Å²) in [6.45, 7) is 5.94. The first-order chi connectivity index (χ1) is 16.6. The molecule has 202 valence electrons. The van der Waals surface area contributed by atoms with Crippen molar-refractivity contribution in [2.45, 2.75) is 115 Å².